The number of hydrogen-bond donors (Lipinski definition) is 3. The Bertz CT molecular complexity index is 361. The van der Waals surface area contributed by atoms with E-state index in [9.17, 15) is 0 Å². The number of aliphatic hydroxyl groups is 1. The van der Waals surface area contributed by atoms with Gasteiger partial charge < -0.3 is 16.2 Å². The summed E-state index contributed by atoms with van der Waals surface area (Å²) in [6.45, 7) is 7.53. The maximum absolute atomic E-state index is 8.85. The van der Waals surface area contributed by atoms with Gasteiger partial charge in [0.15, 0.2) is 0 Å². The fourth-order valence-electron chi connectivity index (χ4n) is 1.82. The van der Waals surface area contributed by atoms with E-state index in [0.717, 1.165) is 36.3 Å². The van der Waals surface area contributed by atoms with Crippen molar-refractivity contribution in [3.05, 3.63) is 23.8 Å². The number of rotatable bonds is 6. The highest BCUT2D eigenvalue weighted by Gasteiger charge is 2.17. The molecule has 0 saturated heterocycles. The molecule has 3 heteroatoms. The van der Waals surface area contributed by atoms with Crippen LogP contribution in [0.3, 0.4) is 0 Å². The van der Waals surface area contributed by atoms with Crippen molar-refractivity contribution in [1.82, 2.24) is 0 Å². The minimum Gasteiger partial charge on any atom is -0.397 e. The first-order chi connectivity index (χ1) is 7.96. The summed E-state index contributed by atoms with van der Waals surface area (Å²) in [6, 6.07) is 6.02. The highest BCUT2D eigenvalue weighted by molar-refractivity contribution is 5.69. The molecule has 0 saturated carbocycles. The van der Waals surface area contributed by atoms with Gasteiger partial charge in [-0.3, -0.25) is 0 Å². The van der Waals surface area contributed by atoms with Crippen molar-refractivity contribution in [3.63, 3.8) is 0 Å². The van der Waals surface area contributed by atoms with Gasteiger partial charge in [0.05, 0.1) is 11.4 Å². The molecule has 0 bridgehead atoms. The van der Waals surface area contributed by atoms with E-state index < -0.39 is 0 Å². The van der Waals surface area contributed by atoms with Gasteiger partial charge in [0.25, 0.3) is 0 Å². The van der Waals surface area contributed by atoms with Crippen molar-refractivity contribution in [2.75, 3.05) is 24.2 Å². The molecule has 0 amide bonds. The molecule has 3 nitrogen and oxygen atoms in total. The van der Waals surface area contributed by atoms with E-state index in [1.807, 2.05) is 25.1 Å². The van der Waals surface area contributed by atoms with Crippen LogP contribution in [0.5, 0.6) is 0 Å². The first-order valence-electron chi connectivity index (χ1n) is 6.16. The van der Waals surface area contributed by atoms with Gasteiger partial charge in [0.2, 0.25) is 0 Å². The fourth-order valence-corrected chi connectivity index (χ4v) is 1.82. The van der Waals surface area contributed by atoms with Crippen LogP contribution < -0.4 is 11.1 Å². The van der Waals surface area contributed by atoms with Crippen LogP contribution in [0.15, 0.2) is 18.2 Å². The zero-order valence-electron chi connectivity index (χ0n) is 11.1. The van der Waals surface area contributed by atoms with E-state index >= 15 is 0 Å². The average Bonchev–Trinajstić information content (AvgIpc) is 2.29. The van der Waals surface area contributed by atoms with E-state index in [0.29, 0.717) is 0 Å². The first kappa shape index (κ1) is 13.8. The standard InChI is InChI=1S/C14H24N2O/c1-11-6-4-7-12(13(11)15)16-10-14(2,3)8-5-9-17/h4,6-7,16-17H,5,8-10,15H2,1-3H3. The monoisotopic (exact) mass is 236 g/mol. The zero-order chi connectivity index (χ0) is 12.9. The molecule has 0 heterocycles. The lowest BCUT2D eigenvalue weighted by Crippen LogP contribution is -2.23. The Morgan fingerprint density at radius 1 is 1.35 bits per heavy atom. The molecular weight excluding hydrogens is 212 g/mol. The predicted octanol–water partition coefficient (Wildman–Crippen LogP) is 2.79. The van der Waals surface area contributed by atoms with E-state index in [2.05, 4.69) is 19.2 Å². The summed E-state index contributed by atoms with van der Waals surface area (Å²) in [6.07, 6.45) is 1.85. The lowest BCUT2D eigenvalue weighted by molar-refractivity contribution is 0.248. The molecule has 1 aromatic rings. The van der Waals surface area contributed by atoms with Gasteiger partial charge in [-0.25, -0.2) is 0 Å². The molecule has 0 aromatic heterocycles. The molecular formula is C14H24N2O. The number of nitrogen functional groups attached to an aromatic ring is 1. The van der Waals surface area contributed by atoms with Crippen LogP contribution in [0.2, 0.25) is 0 Å². The highest BCUT2D eigenvalue weighted by atomic mass is 16.2. The van der Waals surface area contributed by atoms with Crippen LogP contribution in [0.25, 0.3) is 0 Å². The number of aliphatic hydroxyl groups excluding tert-OH is 1. The SMILES string of the molecule is Cc1cccc(NCC(C)(C)CCCO)c1N. The minimum absolute atomic E-state index is 0.166. The van der Waals surface area contributed by atoms with Crippen molar-refractivity contribution in [1.29, 1.82) is 0 Å². The van der Waals surface area contributed by atoms with Crippen molar-refractivity contribution >= 4 is 11.4 Å². The molecule has 0 unspecified atom stereocenters. The lowest BCUT2D eigenvalue weighted by Gasteiger charge is -2.25. The van der Waals surface area contributed by atoms with Crippen molar-refractivity contribution in [2.24, 2.45) is 5.41 Å². The van der Waals surface area contributed by atoms with Gasteiger partial charge >= 0.3 is 0 Å². The smallest absolute Gasteiger partial charge is 0.0579 e. The Morgan fingerprint density at radius 3 is 2.71 bits per heavy atom. The van der Waals surface area contributed by atoms with E-state index in [1.54, 1.807) is 0 Å². The van der Waals surface area contributed by atoms with Gasteiger partial charge in [-0.1, -0.05) is 26.0 Å². The van der Waals surface area contributed by atoms with Gasteiger partial charge in [-0.2, -0.15) is 0 Å². The molecule has 17 heavy (non-hydrogen) atoms. The second-order valence-corrected chi connectivity index (χ2v) is 5.38. The van der Waals surface area contributed by atoms with Crippen LogP contribution >= 0.6 is 0 Å². The number of nitrogens with two attached hydrogens (primary N) is 1. The van der Waals surface area contributed by atoms with Crippen LogP contribution in [0.1, 0.15) is 32.3 Å². The molecule has 0 fully saturated rings. The summed E-state index contributed by atoms with van der Waals surface area (Å²) in [5.41, 5.74) is 9.10. The quantitative estimate of drug-likeness (QED) is 0.666. The largest absolute Gasteiger partial charge is 0.397 e. The topological polar surface area (TPSA) is 58.3 Å². The number of anilines is 2. The normalized spacial score (nSPS) is 11.5. The summed E-state index contributed by atoms with van der Waals surface area (Å²) in [5, 5.41) is 12.3. The van der Waals surface area contributed by atoms with Crippen LogP contribution in [-0.2, 0) is 0 Å². The van der Waals surface area contributed by atoms with Crippen molar-refractivity contribution in [3.8, 4) is 0 Å². The molecule has 0 aliphatic carbocycles. The summed E-state index contributed by atoms with van der Waals surface area (Å²) in [7, 11) is 0. The van der Waals surface area contributed by atoms with Crippen LogP contribution in [0, 0.1) is 12.3 Å². The van der Waals surface area contributed by atoms with E-state index in [1.165, 1.54) is 0 Å². The molecule has 1 rings (SSSR count). The third-order valence-electron chi connectivity index (χ3n) is 3.09. The molecule has 0 atom stereocenters. The summed E-state index contributed by atoms with van der Waals surface area (Å²) in [5.74, 6) is 0. The van der Waals surface area contributed by atoms with Gasteiger partial charge in [0, 0.05) is 13.2 Å². The zero-order valence-corrected chi connectivity index (χ0v) is 11.1. The Hall–Kier alpha value is -1.22. The maximum atomic E-state index is 8.85. The average molecular weight is 236 g/mol. The van der Waals surface area contributed by atoms with Gasteiger partial charge in [0.1, 0.15) is 0 Å². The Labute approximate surface area is 104 Å². The van der Waals surface area contributed by atoms with Crippen LogP contribution in [-0.4, -0.2) is 18.3 Å². The Kier molecular flexibility index (Phi) is 4.82. The summed E-state index contributed by atoms with van der Waals surface area (Å²) in [4.78, 5) is 0. The molecule has 96 valence electrons. The van der Waals surface area contributed by atoms with Gasteiger partial charge in [-0.15, -0.1) is 0 Å². The summed E-state index contributed by atoms with van der Waals surface area (Å²) < 4.78 is 0. The molecule has 1 aromatic carbocycles. The first-order valence-corrected chi connectivity index (χ1v) is 6.16. The second kappa shape index (κ2) is 5.92. The van der Waals surface area contributed by atoms with E-state index in [4.69, 9.17) is 10.8 Å². The number of benzene rings is 1. The fraction of sp³-hybridized carbons (Fsp3) is 0.571. The predicted molar refractivity (Wildman–Crippen MR) is 74.2 cm³/mol. The summed E-state index contributed by atoms with van der Waals surface area (Å²) >= 11 is 0. The third-order valence-corrected chi connectivity index (χ3v) is 3.09. The third kappa shape index (κ3) is 4.27. The second-order valence-electron chi connectivity index (χ2n) is 5.38. The lowest BCUT2D eigenvalue weighted by atomic mass is 9.88. The highest BCUT2D eigenvalue weighted by Crippen LogP contribution is 2.26. The number of aryl methyl sites for hydroxylation is 1. The van der Waals surface area contributed by atoms with Crippen LogP contribution in [0.4, 0.5) is 11.4 Å². The molecule has 0 spiro atoms. The molecule has 4 N–H and O–H groups in total. The van der Waals surface area contributed by atoms with Crippen molar-refractivity contribution < 1.29 is 5.11 Å². The molecule has 0 aliphatic rings. The van der Waals surface area contributed by atoms with Crippen molar-refractivity contribution in [2.45, 2.75) is 33.6 Å². The maximum Gasteiger partial charge on any atom is 0.0579 e. The molecule has 0 aliphatic heterocycles. The number of nitrogens with one attached hydrogen (secondary N) is 1. The van der Waals surface area contributed by atoms with E-state index in [-0.39, 0.29) is 12.0 Å². The molecule has 0 radical (unpaired) electrons. The van der Waals surface area contributed by atoms with Gasteiger partial charge in [-0.05, 0) is 36.8 Å². The Morgan fingerprint density at radius 2 is 2.06 bits per heavy atom. The minimum atomic E-state index is 0.166. The number of hydrogen-bond acceptors (Lipinski definition) is 3. The number of para-hydroxylation sites is 1. The Balaban J connectivity index is 2.58.